The first kappa shape index (κ1) is 10.4. The zero-order chi connectivity index (χ0) is 9.84. The fourth-order valence-corrected chi connectivity index (χ4v) is 1.32. The summed E-state index contributed by atoms with van der Waals surface area (Å²) in [5.41, 5.74) is 0. The predicted octanol–water partition coefficient (Wildman–Crippen LogP) is -0.190. The van der Waals surface area contributed by atoms with E-state index >= 15 is 0 Å². The third kappa shape index (κ3) is 1.99. The normalized spacial score (nSPS) is 27.6. The van der Waals surface area contributed by atoms with Crippen LogP contribution in [0.15, 0.2) is 0 Å². The van der Waals surface area contributed by atoms with Gasteiger partial charge in [0.05, 0.1) is 6.04 Å². The Labute approximate surface area is 77.6 Å². The highest BCUT2D eigenvalue weighted by atomic mass is 16.7. The van der Waals surface area contributed by atoms with E-state index in [9.17, 15) is 4.79 Å². The molecule has 0 aliphatic carbocycles. The molecule has 1 aliphatic rings. The van der Waals surface area contributed by atoms with Crippen molar-refractivity contribution in [3.05, 3.63) is 0 Å². The summed E-state index contributed by atoms with van der Waals surface area (Å²) in [7, 11) is 3.09. The van der Waals surface area contributed by atoms with Crippen molar-refractivity contribution in [2.75, 3.05) is 27.7 Å². The SMILES string of the molecule is COCO[C@H]1C(=O)N(COC)[C@@H]1C. The maximum absolute atomic E-state index is 11.3. The van der Waals surface area contributed by atoms with E-state index < -0.39 is 0 Å². The summed E-state index contributed by atoms with van der Waals surface area (Å²) in [6.07, 6.45) is -0.366. The van der Waals surface area contributed by atoms with Crippen molar-refractivity contribution in [1.29, 1.82) is 0 Å². The molecule has 0 N–H and O–H groups in total. The van der Waals surface area contributed by atoms with Crippen molar-refractivity contribution < 1.29 is 19.0 Å². The molecule has 2 atom stereocenters. The van der Waals surface area contributed by atoms with Crippen LogP contribution in [0.1, 0.15) is 6.92 Å². The molecule has 1 rings (SSSR count). The van der Waals surface area contributed by atoms with E-state index in [2.05, 4.69) is 0 Å². The highest BCUT2D eigenvalue weighted by Crippen LogP contribution is 2.21. The van der Waals surface area contributed by atoms with Crippen LogP contribution in [-0.2, 0) is 19.0 Å². The van der Waals surface area contributed by atoms with Crippen molar-refractivity contribution in [3.8, 4) is 0 Å². The molecule has 1 amide bonds. The number of hydrogen-bond acceptors (Lipinski definition) is 4. The highest BCUT2D eigenvalue weighted by Gasteiger charge is 2.45. The molecule has 1 aliphatic heterocycles. The molecule has 5 heteroatoms. The molecule has 0 bridgehead atoms. The average Bonchev–Trinajstić information content (AvgIpc) is 2.15. The minimum Gasteiger partial charge on any atom is -0.364 e. The quantitative estimate of drug-likeness (QED) is 0.444. The molecule has 76 valence electrons. The van der Waals surface area contributed by atoms with Gasteiger partial charge in [0.1, 0.15) is 13.5 Å². The van der Waals surface area contributed by atoms with Gasteiger partial charge in [-0.3, -0.25) is 4.79 Å². The number of hydrogen-bond donors (Lipinski definition) is 0. The van der Waals surface area contributed by atoms with Gasteiger partial charge in [-0.15, -0.1) is 0 Å². The van der Waals surface area contributed by atoms with Gasteiger partial charge in [-0.05, 0) is 6.92 Å². The zero-order valence-electron chi connectivity index (χ0n) is 8.15. The zero-order valence-corrected chi connectivity index (χ0v) is 8.15. The van der Waals surface area contributed by atoms with Crippen LogP contribution in [-0.4, -0.2) is 50.7 Å². The molecular formula is C8H15NO4. The number of nitrogens with zero attached hydrogens (tertiary/aromatic N) is 1. The lowest BCUT2D eigenvalue weighted by molar-refractivity contribution is -0.194. The Morgan fingerprint density at radius 1 is 1.38 bits per heavy atom. The highest BCUT2D eigenvalue weighted by molar-refractivity contribution is 5.88. The Balaban J connectivity index is 2.33. The van der Waals surface area contributed by atoms with Crippen LogP contribution in [0.4, 0.5) is 0 Å². The van der Waals surface area contributed by atoms with E-state index in [1.807, 2.05) is 6.92 Å². The van der Waals surface area contributed by atoms with E-state index in [4.69, 9.17) is 14.2 Å². The summed E-state index contributed by atoms with van der Waals surface area (Å²) in [6, 6.07) is 0.0719. The molecule has 1 heterocycles. The van der Waals surface area contributed by atoms with Gasteiger partial charge in [-0.2, -0.15) is 0 Å². The van der Waals surface area contributed by atoms with Gasteiger partial charge in [0.2, 0.25) is 0 Å². The first-order valence-electron chi connectivity index (χ1n) is 4.12. The minimum absolute atomic E-state index is 0.0357. The fraction of sp³-hybridized carbons (Fsp3) is 0.875. The molecule has 0 aromatic heterocycles. The second kappa shape index (κ2) is 4.55. The standard InChI is InChI=1S/C8H15NO4/c1-6-7(13-5-12-3)8(10)9(6)4-11-2/h6-7H,4-5H2,1-3H3/t6-,7-/m1/s1. The first-order chi connectivity index (χ1) is 6.22. The van der Waals surface area contributed by atoms with E-state index in [0.717, 1.165) is 0 Å². The summed E-state index contributed by atoms with van der Waals surface area (Å²) >= 11 is 0. The summed E-state index contributed by atoms with van der Waals surface area (Å²) in [6.45, 7) is 2.40. The Bertz CT molecular complexity index is 185. The van der Waals surface area contributed by atoms with Gasteiger partial charge in [-0.25, -0.2) is 0 Å². The second-order valence-corrected chi connectivity index (χ2v) is 2.96. The summed E-state index contributed by atoms with van der Waals surface area (Å²) in [5.74, 6) is -0.0357. The molecular weight excluding hydrogens is 174 g/mol. The summed E-state index contributed by atoms with van der Waals surface area (Å²) in [4.78, 5) is 12.9. The smallest absolute Gasteiger partial charge is 0.256 e. The van der Waals surface area contributed by atoms with Crippen LogP contribution in [0.25, 0.3) is 0 Å². The number of methoxy groups -OCH3 is 2. The van der Waals surface area contributed by atoms with Crippen LogP contribution in [0, 0.1) is 0 Å². The Hall–Kier alpha value is -0.650. The third-order valence-corrected chi connectivity index (χ3v) is 2.09. The molecule has 13 heavy (non-hydrogen) atoms. The number of carbonyl (C=O) groups is 1. The number of β-lactam (4-membered cyclic amide) rings is 1. The number of rotatable bonds is 5. The van der Waals surface area contributed by atoms with Crippen molar-refractivity contribution in [1.82, 2.24) is 4.90 Å². The molecule has 0 unspecified atom stereocenters. The van der Waals surface area contributed by atoms with Gasteiger partial charge in [0, 0.05) is 14.2 Å². The van der Waals surface area contributed by atoms with Crippen LogP contribution in [0.2, 0.25) is 0 Å². The van der Waals surface area contributed by atoms with Crippen molar-refractivity contribution in [2.24, 2.45) is 0 Å². The maximum atomic E-state index is 11.3. The molecule has 1 fully saturated rings. The maximum Gasteiger partial charge on any atom is 0.256 e. The van der Waals surface area contributed by atoms with Gasteiger partial charge < -0.3 is 19.1 Å². The van der Waals surface area contributed by atoms with Crippen molar-refractivity contribution in [2.45, 2.75) is 19.1 Å². The largest absolute Gasteiger partial charge is 0.364 e. The third-order valence-electron chi connectivity index (χ3n) is 2.09. The molecule has 0 spiro atoms. The molecule has 1 saturated heterocycles. The van der Waals surface area contributed by atoms with E-state index in [-0.39, 0.29) is 24.8 Å². The molecule has 0 saturated carbocycles. The predicted molar refractivity (Wildman–Crippen MR) is 44.9 cm³/mol. The first-order valence-corrected chi connectivity index (χ1v) is 4.12. The lowest BCUT2D eigenvalue weighted by Crippen LogP contribution is -2.64. The summed E-state index contributed by atoms with van der Waals surface area (Å²) in [5, 5.41) is 0. The molecule has 5 nitrogen and oxygen atoms in total. The van der Waals surface area contributed by atoms with Crippen LogP contribution in [0.5, 0.6) is 0 Å². The number of amides is 1. The van der Waals surface area contributed by atoms with Gasteiger partial charge in [0.15, 0.2) is 6.10 Å². The lowest BCUT2D eigenvalue weighted by Gasteiger charge is -2.43. The Morgan fingerprint density at radius 3 is 2.54 bits per heavy atom. The van der Waals surface area contributed by atoms with E-state index in [0.29, 0.717) is 6.73 Å². The molecule has 0 aromatic rings. The number of ether oxygens (including phenoxy) is 3. The Kier molecular flexibility index (Phi) is 3.65. The minimum atomic E-state index is -0.366. The average molecular weight is 189 g/mol. The van der Waals surface area contributed by atoms with Gasteiger partial charge >= 0.3 is 0 Å². The fourth-order valence-electron chi connectivity index (χ4n) is 1.32. The van der Waals surface area contributed by atoms with Crippen LogP contribution < -0.4 is 0 Å². The van der Waals surface area contributed by atoms with Crippen molar-refractivity contribution >= 4 is 5.91 Å². The monoisotopic (exact) mass is 189 g/mol. The Morgan fingerprint density at radius 2 is 2.08 bits per heavy atom. The molecule has 0 radical (unpaired) electrons. The molecule has 0 aromatic carbocycles. The van der Waals surface area contributed by atoms with E-state index in [1.54, 1.807) is 12.0 Å². The second-order valence-electron chi connectivity index (χ2n) is 2.96. The summed E-state index contributed by atoms with van der Waals surface area (Å²) < 4.78 is 14.7. The van der Waals surface area contributed by atoms with Crippen LogP contribution in [0.3, 0.4) is 0 Å². The number of likely N-dealkylation sites (tertiary alicyclic amines) is 1. The van der Waals surface area contributed by atoms with E-state index in [1.165, 1.54) is 7.11 Å². The number of carbonyl (C=O) groups excluding carboxylic acids is 1. The van der Waals surface area contributed by atoms with Crippen molar-refractivity contribution in [3.63, 3.8) is 0 Å². The lowest BCUT2D eigenvalue weighted by atomic mass is 10.0. The van der Waals surface area contributed by atoms with Gasteiger partial charge in [-0.1, -0.05) is 0 Å². The topological polar surface area (TPSA) is 48.0 Å². The van der Waals surface area contributed by atoms with Gasteiger partial charge in [0.25, 0.3) is 5.91 Å². The van der Waals surface area contributed by atoms with Crippen LogP contribution >= 0.6 is 0 Å².